The summed E-state index contributed by atoms with van der Waals surface area (Å²) >= 11 is 6.14. The van der Waals surface area contributed by atoms with Crippen molar-refractivity contribution in [3.05, 3.63) is 23.8 Å². The monoisotopic (exact) mass is 284 g/mol. The van der Waals surface area contributed by atoms with Gasteiger partial charge in [0.1, 0.15) is 5.38 Å². The number of ketones is 1. The van der Waals surface area contributed by atoms with Crippen LogP contribution >= 0.6 is 11.6 Å². The SMILES string of the molecule is CCOc1cc(C(Cl)C(=O)CC)ccc1OC(C)C. The number of hydrogen-bond donors (Lipinski definition) is 0. The van der Waals surface area contributed by atoms with Gasteiger partial charge in [0.2, 0.25) is 0 Å². The fraction of sp³-hybridized carbons (Fsp3) is 0.533. The minimum atomic E-state index is -0.627. The summed E-state index contributed by atoms with van der Waals surface area (Å²) in [5, 5.41) is -0.627. The quantitative estimate of drug-likeness (QED) is 0.706. The summed E-state index contributed by atoms with van der Waals surface area (Å²) in [6.45, 7) is 8.15. The third-order valence-corrected chi connectivity index (χ3v) is 3.05. The molecule has 0 aliphatic rings. The van der Waals surface area contributed by atoms with Crippen molar-refractivity contribution < 1.29 is 14.3 Å². The van der Waals surface area contributed by atoms with Crippen LogP contribution in [0.15, 0.2) is 18.2 Å². The summed E-state index contributed by atoms with van der Waals surface area (Å²) in [7, 11) is 0. The Morgan fingerprint density at radius 1 is 1.26 bits per heavy atom. The first-order valence-electron chi connectivity index (χ1n) is 6.59. The second-order valence-corrected chi connectivity index (χ2v) is 4.92. The molecular weight excluding hydrogens is 264 g/mol. The van der Waals surface area contributed by atoms with E-state index in [1.807, 2.05) is 26.8 Å². The van der Waals surface area contributed by atoms with Gasteiger partial charge in [-0.3, -0.25) is 4.79 Å². The molecule has 0 spiro atoms. The zero-order valence-electron chi connectivity index (χ0n) is 11.9. The van der Waals surface area contributed by atoms with Crippen molar-refractivity contribution in [1.29, 1.82) is 0 Å². The molecule has 0 heterocycles. The summed E-state index contributed by atoms with van der Waals surface area (Å²) in [4.78, 5) is 11.6. The van der Waals surface area contributed by atoms with E-state index in [9.17, 15) is 4.79 Å². The molecule has 106 valence electrons. The number of hydrogen-bond acceptors (Lipinski definition) is 3. The average Bonchev–Trinajstić information content (AvgIpc) is 2.38. The van der Waals surface area contributed by atoms with Crippen molar-refractivity contribution in [2.75, 3.05) is 6.61 Å². The summed E-state index contributed by atoms with van der Waals surface area (Å²) in [6, 6.07) is 5.40. The molecule has 0 aliphatic heterocycles. The van der Waals surface area contributed by atoms with Crippen LogP contribution in [-0.2, 0) is 4.79 Å². The number of benzene rings is 1. The second kappa shape index (κ2) is 7.39. The maximum absolute atomic E-state index is 11.6. The molecule has 3 nitrogen and oxygen atoms in total. The van der Waals surface area contributed by atoms with Gasteiger partial charge in [-0.25, -0.2) is 0 Å². The van der Waals surface area contributed by atoms with Crippen molar-refractivity contribution in [3.8, 4) is 11.5 Å². The van der Waals surface area contributed by atoms with Gasteiger partial charge in [-0.1, -0.05) is 13.0 Å². The first-order valence-corrected chi connectivity index (χ1v) is 7.03. The van der Waals surface area contributed by atoms with E-state index in [4.69, 9.17) is 21.1 Å². The average molecular weight is 285 g/mol. The molecule has 0 bridgehead atoms. The topological polar surface area (TPSA) is 35.5 Å². The van der Waals surface area contributed by atoms with Gasteiger partial charge in [0.25, 0.3) is 0 Å². The number of ether oxygens (including phenoxy) is 2. The van der Waals surface area contributed by atoms with Crippen molar-refractivity contribution in [1.82, 2.24) is 0 Å². The maximum atomic E-state index is 11.6. The molecular formula is C15H21ClO3. The Labute approximate surface area is 119 Å². The number of carbonyl (C=O) groups excluding carboxylic acids is 1. The zero-order valence-corrected chi connectivity index (χ0v) is 12.7. The predicted octanol–water partition coefficient (Wildman–Crippen LogP) is 4.13. The van der Waals surface area contributed by atoms with E-state index in [0.29, 0.717) is 24.5 Å². The molecule has 4 heteroatoms. The molecule has 1 unspecified atom stereocenters. The first kappa shape index (κ1) is 15.8. The van der Waals surface area contributed by atoms with Crippen LogP contribution < -0.4 is 9.47 Å². The lowest BCUT2D eigenvalue weighted by Gasteiger charge is -2.16. The van der Waals surface area contributed by atoms with Gasteiger partial charge in [-0.2, -0.15) is 0 Å². The Kier molecular flexibility index (Phi) is 6.16. The Morgan fingerprint density at radius 3 is 2.47 bits per heavy atom. The normalized spacial score (nSPS) is 12.3. The van der Waals surface area contributed by atoms with Crippen LogP contribution in [-0.4, -0.2) is 18.5 Å². The van der Waals surface area contributed by atoms with Gasteiger partial charge >= 0.3 is 0 Å². The first-order chi connectivity index (χ1) is 8.99. The van der Waals surface area contributed by atoms with Gasteiger partial charge in [0.05, 0.1) is 12.7 Å². The molecule has 0 saturated carbocycles. The predicted molar refractivity (Wildman–Crippen MR) is 77.3 cm³/mol. The second-order valence-electron chi connectivity index (χ2n) is 4.49. The van der Waals surface area contributed by atoms with Crippen LogP contribution in [0.25, 0.3) is 0 Å². The van der Waals surface area contributed by atoms with Crippen LogP contribution in [0, 0.1) is 0 Å². The van der Waals surface area contributed by atoms with Gasteiger partial charge in [-0.05, 0) is 38.5 Å². The van der Waals surface area contributed by atoms with Crippen LogP contribution in [0.3, 0.4) is 0 Å². The lowest BCUT2D eigenvalue weighted by molar-refractivity contribution is -0.118. The third-order valence-electron chi connectivity index (χ3n) is 2.55. The summed E-state index contributed by atoms with van der Waals surface area (Å²) in [5.74, 6) is 1.30. The van der Waals surface area contributed by atoms with E-state index in [1.165, 1.54) is 0 Å². The van der Waals surface area contributed by atoms with E-state index in [2.05, 4.69) is 0 Å². The van der Waals surface area contributed by atoms with Gasteiger partial charge in [0.15, 0.2) is 17.3 Å². The highest BCUT2D eigenvalue weighted by Crippen LogP contribution is 2.33. The molecule has 1 atom stereocenters. The lowest BCUT2D eigenvalue weighted by Crippen LogP contribution is -2.09. The number of carbonyl (C=O) groups is 1. The Hall–Kier alpha value is -1.22. The number of alkyl halides is 1. The molecule has 0 aromatic heterocycles. The fourth-order valence-electron chi connectivity index (χ4n) is 1.67. The minimum Gasteiger partial charge on any atom is -0.490 e. The highest BCUT2D eigenvalue weighted by Gasteiger charge is 2.18. The molecule has 0 aliphatic carbocycles. The third kappa shape index (κ3) is 4.43. The summed E-state index contributed by atoms with van der Waals surface area (Å²) in [6.07, 6.45) is 0.483. The summed E-state index contributed by atoms with van der Waals surface area (Å²) < 4.78 is 11.2. The van der Waals surface area contributed by atoms with Crippen LogP contribution in [0.1, 0.15) is 45.1 Å². The van der Waals surface area contributed by atoms with E-state index in [0.717, 1.165) is 5.56 Å². The highest BCUT2D eigenvalue weighted by atomic mass is 35.5. The van der Waals surface area contributed by atoms with Gasteiger partial charge in [0, 0.05) is 6.42 Å². The molecule has 0 amide bonds. The van der Waals surface area contributed by atoms with Crippen molar-refractivity contribution in [2.24, 2.45) is 0 Å². The molecule has 1 rings (SSSR count). The standard InChI is InChI=1S/C15H21ClO3/c1-5-12(17)15(16)11-7-8-13(19-10(3)4)14(9-11)18-6-2/h7-10,15H,5-6H2,1-4H3. The molecule has 0 radical (unpaired) electrons. The maximum Gasteiger partial charge on any atom is 0.161 e. The van der Waals surface area contributed by atoms with E-state index >= 15 is 0 Å². The smallest absolute Gasteiger partial charge is 0.161 e. The van der Waals surface area contributed by atoms with E-state index in [1.54, 1.807) is 19.1 Å². The number of Topliss-reactive ketones (excluding diaryl/α,β-unsaturated/α-hetero) is 1. The minimum absolute atomic E-state index is 0.00152. The van der Waals surface area contributed by atoms with Crippen molar-refractivity contribution in [2.45, 2.75) is 45.6 Å². The molecule has 0 saturated heterocycles. The Bertz CT molecular complexity index is 429. The van der Waals surface area contributed by atoms with Crippen LogP contribution in [0.2, 0.25) is 0 Å². The summed E-state index contributed by atoms with van der Waals surface area (Å²) in [5.41, 5.74) is 0.744. The zero-order chi connectivity index (χ0) is 14.4. The van der Waals surface area contributed by atoms with Crippen molar-refractivity contribution >= 4 is 17.4 Å². The molecule has 19 heavy (non-hydrogen) atoms. The molecule has 1 aromatic carbocycles. The van der Waals surface area contributed by atoms with Gasteiger partial charge in [-0.15, -0.1) is 11.6 Å². The molecule has 0 N–H and O–H groups in total. The lowest BCUT2D eigenvalue weighted by atomic mass is 10.1. The highest BCUT2D eigenvalue weighted by molar-refractivity contribution is 6.31. The number of rotatable bonds is 7. The fourth-order valence-corrected chi connectivity index (χ4v) is 1.96. The number of halogens is 1. The van der Waals surface area contributed by atoms with Crippen LogP contribution in [0.4, 0.5) is 0 Å². The molecule has 1 aromatic rings. The largest absolute Gasteiger partial charge is 0.490 e. The van der Waals surface area contributed by atoms with E-state index in [-0.39, 0.29) is 11.9 Å². The molecule has 0 fully saturated rings. The Morgan fingerprint density at radius 2 is 1.95 bits per heavy atom. The van der Waals surface area contributed by atoms with E-state index < -0.39 is 5.38 Å². The van der Waals surface area contributed by atoms with Crippen molar-refractivity contribution in [3.63, 3.8) is 0 Å². The van der Waals surface area contributed by atoms with Crippen LogP contribution in [0.5, 0.6) is 11.5 Å². The van der Waals surface area contributed by atoms with Gasteiger partial charge < -0.3 is 9.47 Å². The Balaban J connectivity index is 3.04.